The van der Waals surface area contributed by atoms with E-state index in [4.69, 9.17) is 0 Å². The van der Waals surface area contributed by atoms with Gasteiger partial charge in [-0.05, 0) is 50.8 Å². The topological polar surface area (TPSA) is 106 Å². The number of anilines is 1. The Hall–Kier alpha value is -4.03. The summed E-state index contributed by atoms with van der Waals surface area (Å²) in [5.74, 6) is 2.23. The predicted octanol–water partition coefficient (Wildman–Crippen LogP) is 3.72. The molecule has 198 valence electrons. The van der Waals surface area contributed by atoms with Crippen molar-refractivity contribution in [2.75, 3.05) is 11.9 Å². The van der Waals surface area contributed by atoms with Gasteiger partial charge in [-0.25, -0.2) is 15.0 Å². The molecule has 13 heteroatoms. The number of carbonyl (C=O) groups excluding carboxylic acids is 1. The van der Waals surface area contributed by atoms with Gasteiger partial charge in [0.25, 0.3) is 0 Å². The van der Waals surface area contributed by atoms with Crippen LogP contribution in [0.4, 0.5) is 19.1 Å². The Morgan fingerprint density at radius 2 is 1.89 bits per heavy atom. The van der Waals surface area contributed by atoms with Crippen LogP contribution in [0.2, 0.25) is 0 Å². The Morgan fingerprint density at radius 3 is 2.68 bits per heavy atom. The molecule has 1 saturated carbocycles. The largest absolute Gasteiger partial charge is 0.419 e. The van der Waals surface area contributed by atoms with Crippen molar-refractivity contribution in [2.45, 2.75) is 57.9 Å². The maximum absolute atomic E-state index is 13.4. The molecule has 0 bridgehead atoms. The normalized spacial score (nSPS) is 19.9. The van der Waals surface area contributed by atoms with Crippen LogP contribution in [-0.4, -0.2) is 57.5 Å². The molecule has 2 aliphatic rings. The summed E-state index contributed by atoms with van der Waals surface area (Å²) in [6, 6.07) is 4.10. The lowest BCUT2D eigenvalue weighted by atomic mass is 9.85. The minimum atomic E-state index is -4.50. The molecule has 1 N–H and O–H groups in total. The summed E-state index contributed by atoms with van der Waals surface area (Å²) in [5.41, 5.74) is -0.0634. The van der Waals surface area contributed by atoms with E-state index in [0.717, 1.165) is 43.4 Å². The quantitative estimate of drug-likeness (QED) is 0.433. The smallest absolute Gasteiger partial charge is 0.351 e. The molecule has 0 unspecified atom stereocenters. The zero-order chi connectivity index (χ0) is 26.4. The zero-order valence-electron chi connectivity index (χ0n) is 20.7. The molecule has 5 heterocycles. The van der Waals surface area contributed by atoms with Gasteiger partial charge in [0.15, 0.2) is 5.82 Å². The number of hydrogen-bond acceptors (Lipinski definition) is 7. The van der Waals surface area contributed by atoms with E-state index >= 15 is 0 Å². The molecule has 4 aromatic heterocycles. The summed E-state index contributed by atoms with van der Waals surface area (Å²) in [6.07, 6.45) is 3.08. The lowest BCUT2D eigenvalue weighted by Gasteiger charge is -2.34. The maximum atomic E-state index is 13.4. The fraction of sp³-hybridized carbons (Fsp3) is 0.440. The molecule has 0 aromatic carbocycles. The first-order chi connectivity index (χ1) is 18.3. The standard InChI is InChI=1S/C25H26F3N9O/c1-15-33-34-21-14-35(11-12-36(15)21)23(38)16-4-6-17(7-5-16)31-24-29-9-8-19(32-24)20-13-30-22-18(25(26,27)28)3-2-10-37(20)22/h2-3,8-10,13,16-17H,4-7,11-12,14H2,1H3,(H,29,31,32). The zero-order valence-corrected chi connectivity index (χ0v) is 20.7. The fourth-order valence-electron chi connectivity index (χ4n) is 5.41. The minimum Gasteiger partial charge on any atom is -0.351 e. The van der Waals surface area contributed by atoms with Gasteiger partial charge in [-0.1, -0.05) is 0 Å². The Balaban J connectivity index is 1.10. The van der Waals surface area contributed by atoms with Gasteiger partial charge in [-0.3, -0.25) is 9.20 Å². The van der Waals surface area contributed by atoms with E-state index in [1.165, 1.54) is 22.9 Å². The number of nitrogens with zero attached hydrogens (tertiary/aromatic N) is 8. The van der Waals surface area contributed by atoms with Crippen molar-refractivity contribution in [2.24, 2.45) is 5.92 Å². The monoisotopic (exact) mass is 525 g/mol. The molecule has 4 aromatic rings. The van der Waals surface area contributed by atoms with E-state index in [1.807, 2.05) is 11.8 Å². The number of halogens is 3. The number of pyridine rings is 1. The van der Waals surface area contributed by atoms with Gasteiger partial charge in [0.1, 0.15) is 11.5 Å². The van der Waals surface area contributed by atoms with E-state index in [1.54, 1.807) is 12.3 Å². The lowest BCUT2D eigenvalue weighted by Crippen LogP contribution is -2.43. The van der Waals surface area contributed by atoms with E-state index < -0.39 is 11.7 Å². The van der Waals surface area contributed by atoms with Crippen LogP contribution in [0.15, 0.2) is 36.8 Å². The van der Waals surface area contributed by atoms with E-state index in [2.05, 4.69) is 35.0 Å². The average molecular weight is 526 g/mol. The summed E-state index contributed by atoms with van der Waals surface area (Å²) in [6.45, 7) is 3.79. The Labute approximate surface area is 215 Å². The molecule has 0 saturated heterocycles. The van der Waals surface area contributed by atoms with Crippen LogP contribution in [0.3, 0.4) is 0 Å². The second-order valence-corrected chi connectivity index (χ2v) is 9.79. The Morgan fingerprint density at radius 1 is 1.08 bits per heavy atom. The number of hydrogen-bond donors (Lipinski definition) is 1. The highest BCUT2D eigenvalue weighted by molar-refractivity contribution is 5.79. The van der Waals surface area contributed by atoms with Crippen LogP contribution in [0.25, 0.3) is 17.0 Å². The van der Waals surface area contributed by atoms with Gasteiger partial charge in [-0.15, -0.1) is 10.2 Å². The van der Waals surface area contributed by atoms with Gasteiger partial charge in [0, 0.05) is 37.4 Å². The number of fused-ring (bicyclic) bond motifs is 2. The van der Waals surface area contributed by atoms with E-state index in [9.17, 15) is 18.0 Å². The molecule has 1 fully saturated rings. The molecule has 0 radical (unpaired) electrons. The van der Waals surface area contributed by atoms with Gasteiger partial charge in [0.2, 0.25) is 11.9 Å². The first-order valence-electron chi connectivity index (χ1n) is 12.6. The molecule has 1 aliphatic heterocycles. The summed E-state index contributed by atoms with van der Waals surface area (Å²) in [4.78, 5) is 27.9. The van der Waals surface area contributed by atoms with Gasteiger partial charge >= 0.3 is 6.18 Å². The SMILES string of the molecule is Cc1nnc2n1CCN(C(=O)C1CCC(Nc3nccc(-c4cnc5c(C(F)(F)F)cccn45)n3)CC1)C2. The highest BCUT2D eigenvalue weighted by atomic mass is 19.4. The second-order valence-electron chi connectivity index (χ2n) is 9.79. The number of imidazole rings is 1. The third kappa shape index (κ3) is 4.45. The molecule has 0 atom stereocenters. The van der Waals surface area contributed by atoms with Crippen LogP contribution < -0.4 is 5.32 Å². The average Bonchev–Trinajstić information content (AvgIpc) is 3.51. The van der Waals surface area contributed by atoms with Gasteiger partial charge in [0.05, 0.1) is 29.7 Å². The number of rotatable bonds is 4. The third-order valence-electron chi connectivity index (χ3n) is 7.42. The number of aromatic nitrogens is 7. The van der Waals surface area contributed by atoms with Crippen molar-refractivity contribution in [3.05, 3.63) is 54.0 Å². The molecular weight excluding hydrogens is 499 g/mol. The second kappa shape index (κ2) is 9.37. The molecule has 1 aliphatic carbocycles. The van der Waals surface area contributed by atoms with Crippen molar-refractivity contribution >= 4 is 17.5 Å². The van der Waals surface area contributed by atoms with Crippen LogP contribution in [0.5, 0.6) is 0 Å². The number of alkyl halides is 3. The number of carbonyl (C=O) groups is 1. The molecular formula is C25H26F3N9O. The number of amides is 1. The molecule has 10 nitrogen and oxygen atoms in total. The maximum Gasteiger partial charge on any atom is 0.419 e. The van der Waals surface area contributed by atoms with Crippen LogP contribution >= 0.6 is 0 Å². The van der Waals surface area contributed by atoms with Crippen molar-refractivity contribution < 1.29 is 18.0 Å². The van der Waals surface area contributed by atoms with E-state index in [0.29, 0.717) is 37.0 Å². The molecule has 0 spiro atoms. The first kappa shape index (κ1) is 24.3. The van der Waals surface area contributed by atoms with E-state index in [-0.39, 0.29) is 23.5 Å². The number of aryl methyl sites for hydroxylation is 1. The Kier molecular flexibility index (Phi) is 6.00. The summed E-state index contributed by atoms with van der Waals surface area (Å²) in [7, 11) is 0. The van der Waals surface area contributed by atoms with Crippen LogP contribution in [0, 0.1) is 12.8 Å². The molecule has 1 amide bonds. The molecule has 6 rings (SSSR count). The highest BCUT2D eigenvalue weighted by Crippen LogP contribution is 2.34. The van der Waals surface area contributed by atoms with Crippen LogP contribution in [0.1, 0.15) is 42.9 Å². The highest BCUT2D eigenvalue weighted by Gasteiger charge is 2.34. The van der Waals surface area contributed by atoms with Crippen LogP contribution in [-0.2, 0) is 24.1 Å². The lowest BCUT2D eigenvalue weighted by molar-refractivity contribution is -0.138. The fourth-order valence-corrected chi connectivity index (χ4v) is 5.41. The van der Waals surface area contributed by atoms with Crippen molar-refractivity contribution in [1.29, 1.82) is 0 Å². The van der Waals surface area contributed by atoms with Gasteiger partial charge in [-0.2, -0.15) is 13.2 Å². The first-order valence-corrected chi connectivity index (χ1v) is 12.6. The van der Waals surface area contributed by atoms with Crippen molar-refractivity contribution in [3.63, 3.8) is 0 Å². The van der Waals surface area contributed by atoms with Crippen molar-refractivity contribution in [1.82, 2.24) is 39.0 Å². The molecule has 38 heavy (non-hydrogen) atoms. The third-order valence-corrected chi connectivity index (χ3v) is 7.42. The summed E-state index contributed by atoms with van der Waals surface area (Å²) < 4.78 is 43.6. The van der Waals surface area contributed by atoms with Crippen molar-refractivity contribution in [3.8, 4) is 11.4 Å². The summed E-state index contributed by atoms with van der Waals surface area (Å²) in [5, 5.41) is 11.6. The number of nitrogens with one attached hydrogen (secondary N) is 1. The summed E-state index contributed by atoms with van der Waals surface area (Å²) >= 11 is 0. The minimum absolute atomic E-state index is 0.0307. The van der Waals surface area contributed by atoms with Gasteiger partial charge < -0.3 is 14.8 Å². The Bertz CT molecular complexity index is 1490. The predicted molar refractivity (Wildman–Crippen MR) is 131 cm³/mol.